The molecule has 0 spiro atoms. The first kappa shape index (κ1) is 15.0. The molecule has 1 aliphatic carbocycles. The Hall–Kier alpha value is -0.0800. The van der Waals surface area contributed by atoms with Crippen molar-refractivity contribution in [2.45, 2.75) is 78.3 Å². The summed E-state index contributed by atoms with van der Waals surface area (Å²) in [4.78, 5) is 2.65. The summed E-state index contributed by atoms with van der Waals surface area (Å²) in [6, 6.07) is 1.22. The molecular formula is C15H32N2. The average molecular weight is 240 g/mol. The van der Waals surface area contributed by atoms with Crippen molar-refractivity contribution in [3.63, 3.8) is 0 Å². The summed E-state index contributed by atoms with van der Waals surface area (Å²) < 4.78 is 0. The van der Waals surface area contributed by atoms with E-state index < -0.39 is 0 Å². The molecule has 0 amide bonds. The molecule has 102 valence electrons. The first-order valence-electron chi connectivity index (χ1n) is 7.42. The highest BCUT2D eigenvalue weighted by Crippen LogP contribution is 2.25. The molecule has 0 aliphatic heterocycles. The lowest BCUT2D eigenvalue weighted by Gasteiger charge is -2.30. The summed E-state index contributed by atoms with van der Waals surface area (Å²) in [5, 5.41) is 0. The quantitative estimate of drug-likeness (QED) is 0.771. The van der Waals surface area contributed by atoms with Crippen LogP contribution in [0.5, 0.6) is 0 Å². The van der Waals surface area contributed by atoms with E-state index in [1.807, 2.05) is 0 Å². The Morgan fingerprint density at radius 1 is 1.24 bits per heavy atom. The lowest BCUT2D eigenvalue weighted by molar-refractivity contribution is 0.194. The van der Waals surface area contributed by atoms with Gasteiger partial charge < -0.3 is 10.6 Å². The van der Waals surface area contributed by atoms with Gasteiger partial charge in [-0.2, -0.15) is 0 Å². The Bertz CT molecular complexity index is 201. The largest absolute Gasteiger partial charge is 0.328 e. The van der Waals surface area contributed by atoms with Crippen LogP contribution in [0.1, 0.15) is 66.2 Å². The molecule has 1 fully saturated rings. The third-order valence-corrected chi connectivity index (χ3v) is 3.91. The van der Waals surface area contributed by atoms with Crippen molar-refractivity contribution in [3.05, 3.63) is 0 Å². The number of nitrogens with zero attached hydrogens (tertiary/aromatic N) is 1. The lowest BCUT2D eigenvalue weighted by atomic mass is 9.87. The van der Waals surface area contributed by atoms with E-state index in [1.165, 1.54) is 38.8 Å². The Labute approximate surface area is 108 Å². The van der Waals surface area contributed by atoms with Crippen LogP contribution in [-0.2, 0) is 0 Å². The highest BCUT2D eigenvalue weighted by atomic mass is 15.1. The molecule has 1 aliphatic rings. The summed E-state index contributed by atoms with van der Waals surface area (Å²) >= 11 is 0. The molecule has 2 N–H and O–H groups in total. The first-order chi connectivity index (χ1) is 7.92. The lowest BCUT2D eigenvalue weighted by Crippen LogP contribution is -2.37. The normalized spacial score (nSPS) is 20.1. The zero-order chi connectivity index (χ0) is 12.9. The second-order valence-electron chi connectivity index (χ2n) is 6.88. The van der Waals surface area contributed by atoms with Gasteiger partial charge in [-0.25, -0.2) is 0 Å². The van der Waals surface area contributed by atoms with E-state index in [4.69, 9.17) is 5.73 Å². The third-order valence-electron chi connectivity index (χ3n) is 3.91. The third kappa shape index (κ3) is 5.87. The molecule has 1 atom stereocenters. The molecule has 1 saturated carbocycles. The fourth-order valence-electron chi connectivity index (χ4n) is 3.09. The van der Waals surface area contributed by atoms with Crippen LogP contribution in [0.2, 0.25) is 0 Å². The number of rotatable bonds is 6. The Balaban J connectivity index is 2.27. The van der Waals surface area contributed by atoms with E-state index in [2.05, 4.69) is 32.6 Å². The predicted octanol–water partition coefficient (Wildman–Crippen LogP) is 3.40. The maximum atomic E-state index is 6.23. The van der Waals surface area contributed by atoms with Crippen molar-refractivity contribution in [1.82, 2.24) is 4.90 Å². The van der Waals surface area contributed by atoms with E-state index in [0.717, 1.165) is 18.9 Å². The van der Waals surface area contributed by atoms with Gasteiger partial charge in [-0.3, -0.25) is 0 Å². The van der Waals surface area contributed by atoms with Crippen molar-refractivity contribution in [1.29, 1.82) is 0 Å². The van der Waals surface area contributed by atoms with Crippen LogP contribution < -0.4 is 5.73 Å². The minimum atomic E-state index is 0.365. The van der Waals surface area contributed by atoms with Crippen molar-refractivity contribution < 1.29 is 0 Å². The summed E-state index contributed by atoms with van der Waals surface area (Å²) in [6.07, 6.45) is 7.95. The molecule has 0 saturated heterocycles. The van der Waals surface area contributed by atoms with Crippen LogP contribution in [0.25, 0.3) is 0 Å². The van der Waals surface area contributed by atoms with Gasteiger partial charge in [-0.1, -0.05) is 40.5 Å². The van der Waals surface area contributed by atoms with Crippen molar-refractivity contribution in [3.8, 4) is 0 Å². The van der Waals surface area contributed by atoms with Crippen LogP contribution in [0.4, 0.5) is 0 Å². The molecule has 0 aromatic carbocycles. The van der Waals surface area contributed by atoms with Crippen LogP contribution in [0, 0.1) is 5.41 Å². The molecule has 2 nitrogen and oxygen atoms in total. The SMILES string of the molecule is CCN(CCC(N)CC(C)(C)C)C1CCCC1. The second-order valence-corrected chi connectivity index (χ2v) is 6.88. The fourth-order valence-corrected chi connectivity index (χ4v) is 3.09. The Morgan fingerprint density at radius 2 is 1.82 bits per heavy atom. The minimum Gasteiger partial charge on any atom is -0.328 e. The van der Waals surface area contributed by atoms with Gasteiger partial charge in [0.1, 0.15) is 0 Å². The maximum absolute atomic E-state index is 6.23. The first-order valence-corrected chi connectivity index (χ1v) is 7.42. The molecule has 0 bridgehead atoms. The van der Waals surface area contributed by atoms with E-state index in [1.54, 1.807) is 0 Å². The van der Waals surface area contributed by atoms with E-state index in [0.29, 0.717) is 11.5 Å². The Morgan fingerprint density at radius 3 is 2.29 bits per heavy atom. The van der Waals surface area contributed by atoms with Gasteiger partial charge in [-0.15, -0.1) is 0 Å². The topological polar surface area (TPSA) is 29.3 Å². The molecule has 0 aromatic heterocycles. The summed E-state index contributed by atoms with van der Waals surface area (Å²) in [5.74, 6) is 0. The summed E-state index contributed by atoms with van der Waals surface area (Å²) in [6.45, 7) is 11.5. The van der Waals surface area contributed by atoms with Crippen molar-refractivity contribution in [2.75, 3.05) is 13.1 Å². The van der Waals surface area contributed by atoms with Gasteiger partial charge in [0.05, 0.1) is 0 Å². The zero-order valence-corrected chi connectivity index (χ0v) is 12.3. The monoisotopic (exact) mass is 240 g/mol. The van der Waals surface area contributed by atoms with Gasteiger partial charge in [-0.05, 0) is 44.2 Å². The zero-order valence-electron chi connectivity index (χ0n) is 12.3. The fraction of sp³-hybridized carbons (Fsp3) is 1.00. The molecule has 17 heavy (non-hydrogen) atoms. The van der Waals surface area contributed by atoms with Gasteiger partial charge in [0, 0.05) is 12.1 Å². The molecular weight excluding hydrogens is 208 g/mol. The predicted molar refractivity (Wildman–Crippen MR) is 76.2 cm³/mol. The molecule has 0 radical (unpaired) electrons. The summed E-state index contributed by atoms with van der Waals surface area (Å²) in [7, 11) is 0. The van der Waals surface area contributed by atoms with Gasteiger partial charge >= 0.3 is 0 Å². The second kappa shape index (κ2) is 6.75. The van der Waals surface area contributed by atoms with Crippen LogP contribution in [0.3, 0.4) is 0 Å². The highest BCUT2D eigenvalue weighted by Gasteiger charge is 2.22. The molecule has 1 unspecified atom stereocenters. The van der Waals surface area contributed by atoms with Gasteiger partial charge in [0.15, 0.2) is 0 Å². The van der Waals surface area contributed by atoms with Crippen molar-refractivity contribution in [2.24, 2.45) is 11.1 Å². The maximum Gasteiger partial charge on any atom is 0.00951 e. The van der Waals surface area contributed by atoms with Crippen LogP contribution >= 0.6 is 0 Å². The molecule has 0 heterocycles. The molecule has 1 rings (SSSR count). The van der Waals surface area contributed by atoms with E-state index in [9.17, 15) is 0 Å². The van der Waals surface area contributed by atoms with Crippen molar-refractivity contribution >= 4 is 0 Å². The average Bonchev–Trinajstić information content (AvgIpc) is 2.69. The smallest absolute Gasteiger partial charge is 0.00951 e. The van der Waals surface area contributed by atoms with Gasteiger partial charge in [0.2, 0.25) is 0 Å². The Kier molecular flexibility index (Phi) is 5.94. The van der Waals surface area contributed by atoms with Crippen LogP contribution in [-0.4, -0.2) is 30.1 Å². The number of nitrogens with two attached hydrogens (primary N) is 1. The minimum absolute atomic E-state index is 0.365. The summed E-state index contributed by atoms with van der Waals surface area (Å²) in [5.41, 5.74) is 6.60. The molecule has 2 heteroatoms. The van der Waals surface area contributed by atoms with Gasteiger partial charge in [0.25, 0.3) is 0 Å². The standard InChI is InChI=1S/C15H32N2/c1-5-17(14-8-6-7-9-14)11-10-13(16)12-15(2,3)4/h13-14H,5-12,16H2,1-4H3. The van der Waals surface area contributed by atoms with E-state index >= 15 is 0 Å². The van der Waals surface area contributed by atoms with E-state index in [-0.39, 0.29) is 0 Å². The highest BCUT2D eigenvalue weighted by molar-refractivity contribution is 4.79. The number of hydrogen-bond acceptors (Lipinski definition) is 2. The number of hydrogen-bond donors (Lipinski definition) is 1. The molecule has 0 aromatic rings. The van der Waals surface area contributed by atoms with Crippen LogP contribution in [0.15, 0.2) is 0 Å².